The molecule has 0 aliphatic carbocycles. The Kier molecular flexibility index (Phi) is 5.63. The van der Waals surface area contributed by atoms with Crippen molar-refractivity contribution in [3.05, 3.63) is 74.1 Å². The Hall–Kier alpha value is -2.15. The summed E-state index contributed by atoms with van der Waals surface area (Å²) in [6, 6.07) is 15.1. The van der Waals surface area contributed by atoms with Crippen LogP contribution in [0.15, 0.2) is 53.2 Å². The zero-order chi connectivity index (χ0) is 20.5. The van der Waals surface area contributed by atoms with Crippen LogP contribution < -0.4 is 4.74 Å². The zero-order valence-corrected chi connectivity index (χ0v) is 18.8. The van der Waals surface area contributed by atoms with Crippen LogP contribution in [0, 0.1) is 0 Å². The molecule has 2 aliphatic heterocycles. The summed E-state index contributed by atoms with van der Waals surface area (Å²) in [6.07, 6.45) is 3.17. The van der Waals surface area contributed by atoms with Crippen molar-refractivity contribution in [2.75, 3.05) is 26.7 Å². The van der Waals surface area contributed by atoms with E-state index in [-0.39, 0.29) is 18.0 Å². The maximum absolute atomic E-state index is 13.6. The Bertz CT molecular complexity index is 1010. The lowest BCUT2D eigenvalue weighted by Crippen LogP contribution is -2.45. The molecule has 0 spiro atoms. The highest BCUT2D eigenvalue weighted by molar-refractivity contribution is 7.10. The minimum Gasteiger partial charge on any atom is -0.497 e. The second-order valence-corrected chi connectivity index (χ2v) is 9.94. The number of hydrogen-bond acceptors (Lipinski definition) is 5. The van der Waals surface area contributed by atoms with Crippen molar-refractivity contribution in [3.8, 4) is 5.75 Å². The number of carbonyl (C=O) groups excluding carboxylic acids is 1. The highest BCUT2D eigenvalue weighted by Crippen LogP contribution is 2.40. The summed E-state index contributed by atoms with van der Waals surface area (Å²) >= 11 is 3.56. The van der Waals surface area contributed by atoms with Crippen LogP contribution in [0.4, 0.5) is 0 Å². The van der Waals surface area contributed by atoms with Crippen LogP contribution in [-0.4, -0.2) is 42.5 Å². The highest BCUT2D eigenvalue weighted by atomic mass is 32.1. The fourth-order valence-electron chi connectivity index (χ4n) is 4.84. The molecule has 1 saturated heterocycles. The van der Waals surface area contributed by atoms with Crippen molar-refractivity contribution in [1.29, 1.82) is 0 Å². The predicted octanol–water partition coefficient (Wildman–Crippen LogP) is 5.13. The van der Waals surface area contributed by atoms with E-state index in [1.54, 1.807) is 18.4 Å². The minimum atomic E-state index is 0.0605. The number of nitrogens with zero attached hydrogens (tertiary/aromatic N) is 2. The lowest BCUT2D eigenvalue weighted by molar-refractivity contribution is -0.134. The molecule has 1 amide bonds. The Morgan fingerprint density at radius 2 is 2.07 bits per heavy atom. The minimum absolute atomic E-state index is 0.0605. The fraction of sp³-hybridized carbons (Fsp3) is 0.375. The van der Waals surface area contributed by atoms with E-state index in [0.717, 1.165) is 38.1 Å². The van der Waals surface area contributed by atoms with Crippen molar-refractivity contribution >= 4 is 28.6 Å². The van der Waals surface area contributed by atoms with Crippen molar-refractivity contribution in [3.63, 3.8) is 0 Å². The average Bonchev–Trinajstić information content (AvgIpc) is 3.54. The van der Waals surface area contributed by atoms with Crippen molar-refractivity contribution in [2.24, 2.45) is 0 Å². The lowest BCUT2D eigenvalue weighted by Gasteiger charge is -2.37. The summed E-state index contributed by atoms with van der Waals surface area (Å²) in [4.78, 5) is 20.7. The number of ether oxygens (including phenoxy) is 1. The van der Waals surface area contributed by atoms with Gasteiger partial charge in [0.25, 0.3) is 0 Å². The summed E-state index contributed by atoms with van der Waals surface area (Å²) in [7, 11) is 1.70. The van der Waals surface area contributed by atoms with Gasteiger partial charge in [-0.25, -0.2) is 0 Å². The molecule has 2 atom stereocenters. The van der Waals surface area contributed by atoms with Crippen LogP contribution in [0.1, 0.15) is 45.8 Å². The first-order chi connectivity index (χ1) is 14.7. The summed E-state index contributed by atoms with van der Waals surface area (Å²) in [6.45, 7) is 2.24. The normalized spacial score (nSPS) is 21.6. The Morgan fingerprint density at radius 1 is 1.13 bits per heavy atom. The monoisotopic (exact) mass is 438 g/mol. The average molecular weight is 439 g/mol. The molecular weight excluding hydrogens is 412 g/mol. The molecule has 4 nitrogen and oxygen atoms in total. The third kappa shape index (κ3) is 3.68. The molecule has 0 saturated carbocycles. The largest absolute Gasteiger partial charge is 0.497 e. The Balaban J connectivity index is 1.37. The molecule has 2 unspecified atom stereocenters. The van der Waals surface area contributed by atoms with Gasteiger partial charge in [0, 0.05) is 22.3 Å². The smallest absolute Gasteiger partial charge is 0.237 e. The molecule has 0 radical (unpaired) electrons. The third-order valence-corrected chi connectivity index (χ3v) is 8.20. The number of fused-ring (bicyclic) bond motifs is 1. The van der Waals surface area contributed by atoms with Gasteiger partial charge in [-0.2, -0.15) is 0 Å². The van der Waals surface area contributed by atoms with Gasteiger partial charge in [0.2, 0.25) is 5.91 Å². The topological polar surface area (TPSA) is 32.8 Å². The number of likely N-dealkylation sites (tertiary alicyclic amines) is 1. The van der Waals surface area contributed by atoms with E-state index in [1.165, 1.54) is 20.9 Å². The molecule has 156 valence electrons. The van der Waals surface area contributed by atoms with E-state index in [2.05, 4.69) is 50.9 Å². The van der Waals surface area contributed by atoms with Gasteiger partial charge in [-0.05, 0) is 72.0 Å². The number of amides is 1. The maximum atomic E-state index is 13.6. The number of hydrogen-bond donors (Lipinski definition) is 0. The molecule has 2 aliphatic rings. The number of carbonyl (C=O) groups is 1. The van der Waals surface area contributed by atoms with E-state index in [1.807, 2.05) is 23.5 Å². The van der Waals surface area contributed by atoms with Crippen LogP contribution in [0.5, 0.6) is 5.75 Å². The number of benzene rings is 1. The first kappa shape index (κ1) is 19.8. The number of thiophene rings is 2. The number of methoxy groups -OCH3 is 1. The van der Waals surface area contributed by atoms with Gasteiger partial charge in [0.1, 0.15) is 5.75 Å². The molecule has 1 aromatic carbocycles. The predicted molar refractivity (Wildman–Crippen MR) is 122 cm³/mol. The molecule has 2 aromatic heterocycles. The summed E-state index contributed by atoms with van der Waals surface area (Å²) in [5, 5.41) is 4.27. The van der Waals surface area contributed by atoms with Crippen LogP contribution >= 0.6 is 22.7 Å². The quantitative estimate of drug-likeness (QED) is 0.554. The third-order valence-electron chi connectivity index (χ3n) is 6.28. The molecule has 30 heavy (non-hydrogen) atoms. The van der Waals surface area contributed by atoms with Gasteiger partial charge in [-0.1, -0.05) is 18.2 Å². The van der Waals surface area contributed by atoms with Crippen LogP contribution in [0.25, 0.3) is 0 Å². The second-order valence-electron chi connectivity index (χ2n) is 7.96. The first-order valence-corrected chi connectivity index (χ1v) is 12.3. The van der Waals surface area contributed by atoms with E-state index in [4.69, 9.17) is 4.74 Å². The van der Waals surface area contributed by atoms with Gasteiger partial charge >= 0.3 is 0 Å². The summed E-state index contributed by atoms with van der Waals surface area (Å²) in [5.41, 5.74) is 2.56. The molecule has 3 aromatic rings. The molecule has 1 fully saturated rings. The standard InChI is InChI=1S/C24H26N2O2S2/c1-28-18-6-2-5-17(15-18)20-7-3-11-25(20)16-23(27)26-12-9-21-19(10-14-30-21)24(26)22-8-4-13-29-22/h2,4-6,8,10,13-15,20,24H,3,7,9,11-12,16H2,1H3. The van der Waals surface area contributed by atoms with E-state index >= 15 is 0 Å². The van der Waals surface area contributed by atoms with Gasteiger partial charge in [0.05, 0.1) is 19.7 Å². The molecular formula is C24H26N2O2S2. The maximum Gasteiger partial charge on any atom is 0.237 e. The van der Waals surface area contributed by atoms with Crippen LogP contribution in [0.3, 0.4) is 0 Å². The second kappa shape index (κ2) is 8.53. The van der Waals surface area contributed by atoms with Gasteiger partial charge < -0.3 is 9.64 Å². The Morgan fingerprint density at radius 3 is 2.90 bits per heavy atom. The van der Waals surface area contributed by atoms with Crippen molar-refractivity contribution in [2.45, 2.75) is 31.3 Å². The van der Waals surface area contributed by atoms with Crippen LogP contribution in [0.2, 0.25) is 0 Å². The lowest BCUT2D eigenvalue weighted by atomic mass is 9.98. The van der Waals surface area contributed by atoms with Crippen molar-refractivity contribution in [1.82, 2.24) is 9.80 Å². The Labute approximate surface area is 185 Å². The first-order valence-electron chi connectivity index (χ1n) is 10.5. The molecule has 6 heteroatoms. The SMILES string of the molecule is COc1cccc(C2CCCN2CC(=O)N2CCc3sccc3C2c2cccs2)c1. The van der Waals surface area contributed by atoms with Crippen molar-refractivity contribution < 1.29 is 9.53 Å². The summed E-state index contributed by atoms with van der Waals surface area (Å²) < 4.78 is 5.42. The number of rotatable bonds is 5. The van der Waals surface area contributed by atoms with E-state index < -0.39 is 0 Å². The summed E-state index contributed by atoms with van der Waals surface area (Å²) in [5.74, 6) is 1.12. The van der Waals surface area contributed by atoms with Gasteiger partial charge in [0.15, 0.2) is 0 Å². The molecule has 5 rings (SSSR count). The highest BCUT2D eigenvalue weighted by Gasteiger charge is 2.36. The fourth-order valence-corrected chi connectivity index (χ4v) is 6.60. The van der Waals surface area contributed by atoms with Gasteiger partial charge in [-0.15, -0.1) is 22.7 Å². The molecule has 0 bridgehead atoms. The van der Waals surface area contributed by atoms with E-state index in [0.29, 0.717) is 6.54 Å². The molecule has 4 heterocycles. The van der Waals surface area contributed by atoms with E-state index in [9.17, 15) is 4.79 Å². The molecule has 0 N–H and O–H groups in total. The zero-order valence-electron chi connectivity index (χ0n) is 17.1. The van der Waals surface area contributed by atoms with Gasteiger partial charge in [-0.3, -0.25) is 9.69 Å². The van der Waals surface area contributed by atoms with Crippen LogP contribution in [-0.2, 0) is 11.2 Å².